The van der Waals surface area contributed by atoms with Gasteiger partial charge in [0.15, 0.2) is 0 Å². The monoisotopic (exact) mass is 369 g/mol. The maximum absolute atomic E-state index is 12.5. The van der Waals surface area contributed by atoms with Crippen molar-refractivity contribution in [3.05, 3.63) is 69.2 Å². The summed E-state index contributed by atoms with van der Waals surface area (Å²) in [5, 5.41) is 14.2. The molecule has 0 saturated heterocycles. The van der Waals surface area contributed by atoms with Gasteiger partial charge in [0, 0.05) is 23.4 Å². The molecule has 7 nitrogen and oxygen atoms in total. The summed E-state index contributed by atoms with van der Waals surface area (Å²) in [5.74, 6) is 0.394. The van der Waals surface area contributed by atoms with E-state index in [1.165, 1.54) is 29.5 Å². The number of carbonyl (C=O) groups excluding carboxylic acids is 1. The predicted octanol–water partition coefficient (Wildman–Crippen LogP) is 4.29. The first-order chi connectivity index (χ1) is 12.5. The molecular weight excluding hydrogens is 354 g/mol. The van der Waals surface area contributed by atoms with E-state index in [-0.39, 0.29) is 11.6 Å². The molecule has 3 rings (SSSR count). The standard InChI is InChI=1S/C18H15N3O4S/c1-11-16(17(22)20-13-4-3-5-14(10-13)21(23)24)26-18(19-11)12-6-8-15(25-2)9-7-12/h3-10H,1-2H3,(H,20,22). The number of non-ortho nitro benzene ring substituents is 1. The van der Waals surface area contributed by atoms with Gasteiger partial charge in [-0.1, -0.05) is 6.07 Å². The molecule has 26 heavy (non-hydrogen) atoms. The normalized spacial score (nSPS) is 10.4. The van der Waals surface area contributed by atoms with E-state index in [2.05, 4.69) is 10.3 Å². The molecule has 3 aromatic rings. The average molecular weight is 369 g/mol. The largest absolute Gasteiger partial charge is 0.497 e. The molecule has 0 atom stereocenters. The number of nitro groups is 1. The van der Waals surface area contributed by atoms with E-state index in [1.54, 1.807) is 20.1 Å². The number of carbonyl (C=O) groups is 1. The molecule has 8 heteroatoms. The van der Waals surface area contributed by atoms with E-state index in [4.69, 9.17) is 4.74 Å². The van der Waals surface area contributed by atoms with Gasteiger partial charge >= 0.3 is 0 Å². The lowest BCUT2D eigenvalue weighted by Crippen LogP contribution is -2.11. The Balaban J connectivity index is 1.83. The van der Waals surface area contributed by atoms with Crippen LogP contribution in [0.2, 0.25) is 0 Å². The maximum atomic E-state index is 12.5. The molecule has 1 amide bonds. The summed E-state index contributed by atoms with van der Waals surface area (Å²) in [4.78, 5) is 27.8. The fourth-order valence-electron chi connectivity index (χ4n) is 2.35. The summed E-state index contributed by atoms with van der Waals surface area (Å²) < 4.78 is 5.14. The van der Waals surface area contributed by atoms with E-state index >= 15 is 0 Å². The maximum Gasteiger partial charge on any atom is 0.271 e. The van der Waals surface area contributed by atoms with E-state index in [0.717, 1.165) is 11.3 Å². The highest BCUT2D eigenvalue weighted by Gasteiger charge is 2.17. The third-order valence-corrected chi connectivity index (χ3v) is 4.86. The van der Waals surface area contributed by atoms with E-state index in [0.29, 0.717) is 21.3 Å². The fraction of sp³-hybridized carbons (Fsp3) is 0.111. The Morgan fingerprint density at radius 1 is 1.23 bits per heavy atom. The molecule has 132 valence electrons. The fourth-order valence-corrected chi connectivity index (χ4v) is 3.32. The molecule has 1 aromatic heterocycles. The van der Waals surface area contributed by atoms with Gasteiger partial charge in [-0.15, -0.1) is 11.3 Å². The number of thiazole rings is 1. The number of nitrogens with zero attached hydrogens (tertiary/aromatic N) is 2. The number of methoxy groups -OCH3 is 1. The number of nitro benzene ring substituents is 1. The smallest absolute Gasteiger partial charge is 0.271 e. The Morgan fingerprint density at radius 2 is 1.96 bits per heavy atom. The summed E-state index contributed by atoms with van der Waals surface area (Å²) in [6.07, 6.45) is 0. The summed E-state index contributed by atoms with van der Waals surface area (Å²) in [5.41, 5.74) is 1.77. The number of ether oxygens (including phenoxy) is 1. The summed E-state index contributed by atoms with van der Waals surface area (Å²) in [7, 11) is 1.60. The van der Waals surface area contributed by atoms with Crippen LogP contribution in [-0.2, 0) is 0 Å². The van der Waals surface area contributed by atoms with Crippen LogP contribution in [-0.4, -0.2) is 22.9 Å². The van der Waals surface area contributed by atoms with E-state index in [1.807, 2.05) is 24.3 Å². The lowest BCUT2D eigenvalue weighted by molar-refractivity contribution is -0.384. The average Bonchev–Trinajstić information content (AvgIpc) is 3.04. The zero-order valence-corrected chi connectivity index (χ0v) is 14.9. The van der Waals surface area contributed by atoms with Crippen LogP contribution in [0.5, 0.6) is 5.75 Å². The number of aryl methyl sites for hydroxylation is 1. The van der Waals surface area contributed by atoms with Crippen molar-refractivity contribution in [1.82, 2.24) is 4.98 Å². The van der Waals surface area contributed by atoms with Crippen LogP contribution in [0.15, 0.2) is 48.5 Å². The second kappa shape index (κ2) is 7.32. The molecule has 1 N–H and O–H groups in total. The van der Waals surface area contributed by atoms with Crippen LogP contribution in [0.25, 0.3) is 10.6 Å². The highest BCUT2D eigenvalue weighted by molar-refractivity contribution is 7.17. The first-order valence-corrected chi connectivity index (χ1v) is 8.47. The number of nitrogens with one attached hydrogen (secondary N) is 1. The second-order valence-electron chi connectivity index (χ2n) is 5.42. The lowest BCUT2D eigenvalue weighted by atomic mass is 10.2. The highest BCUT2D eigenvalue weighted by atomic mass is 32.1. The molecule has 0 unspecified atom stereocenters. The molecule has 2 aromatic carbocycles. The third-order valence-electron chi connectivity index (χ3n) is 3.65. The molecule has 0 aliphatic rings. The highest BCUT2D eigenvalue weighted by Crippen LogP contribution is 2.30. The Morgan fingerprint density at radius 3 is 2.62 bits per heavy atom. The quantitative estimate of drug-likeness (QED) is 0.535. The third kappa shape index (κ3) is 3.70. The molecule has 0 spiro atoms. The molecule has 1 heterocycles. The molecule has 0 fully saturated rings. The summed E-state index contributed by atoms with van der Waals surface area (Å²) >= 11 is 1.27. The minimum absolute atomic E-state index is 0.0808. The van der Waals surface area contributed by atoms with E-state index < -0.39 is 4.92 Å². The Kier molecular flexibility index (Phi) is 4.94. The number of hydrogen-bond acceptors (Lipinski definition) is 6. The molecule has 0 radical (unpaired) electrons. The van der Waals surface area contributed by atoms with Gasteiger partial charge in [0.05, 0.1) is 17.7 Å². The first kappa shape index (κ1) is 17.6. The number of anilines is 1. The van der Waals surface area contributed by atoms with Crippen molar-refractivity contribution in [2.24, 2.45) is 0 Å². The van der Waals surface area contributed by atoms with Crippen molar-refractivity contribution < 1.29 is 14.5 Å². The van der Waals surface area contributed by atoms with Crippen LogP contribution < -0.4 is 10.1 Å². The van der Waals surface area contributed by atoms with Gasteiger partial charge in [0.1, 0.15) is 15.6 Å². The zero-order chi connectivity index (χ0) is 18.7. The van der Waals surface area contributed by atoms with E-state index in [9.17, 15) is 14.9 Å². The Bertz CT molecular complexity index is 967. The number of benzene rings is 2. The second-order valence-corrected chi connectivity index (χ2v) is 6.42. The topological polar surface area (TPSA) is 94.4 Å². The van der Waals surface area contributed by atoms with Crippen molar-refractivity contribution in [1.29, 1.82) is 0 Å². The van der Waals surface area contributed by atoms with Crippen molar-refractivity contribution in [2.45, 2.75) is 6.92 Å². The van der Waals surface area contributed by atoms with Gasteiger partial charge < -0.3 is 10.1 Å². The van der Waals surface area contributed by atoms with Crippen molar-refractivity contribution in [2.75, 3.05) is 12.4 Å². The first-order valence-electron chi connectivity index (χ1n) is 7.65. The number of rotatable bonds is 5. The zero-order valence-electron chi connectivity index (χ0n) is 14.1. The van der Waals surface area contributed by atoms with Crippen LogP contribution >= 0.6 is 11.3 Å². The van der Waals surface area contributed by atoms with Crippen molar-refractivity contribution in [3.63, 3.8) is 0 Å². The van der Waals surface area contributed by atoms with Gasteiger partial charge in [0.25, 0.3) is 11.6 Å². The van der Waals surface area contributed by atoms with Crippen LogP contribution in [0.4, 0.5) is 11.4 Å². The summed E-state index contributed by atoms with van der Waals surface area (Å²) in [6.45, 7) is 1.76. The molecule has 0 aliphatic carbocycles. The molecule has 0 saturated carbocycles. The Hall–Kier alpha value is -3.26. The van der Waals surface area contributed by atoms with Crippen LogP contribution in [0.3, 0.4) is 0 Å². The van der Waals surface area contributed by atoms with Gasteiger partial charge in [-0.05, 0) is 37.3 Å². The minimum Gasteiger partial charge on any atom is -0.497 e. The van der Waals surface area contributed by atoms with Gasteiger partial charge in [-0.3, -0.25) is 14.9 Å². The van der Waals surface area contributed by atoms with Gasteiger partial charge in [-0.25, -0.2) is 4.98 Å². The number of aromatic nitrogens is 1. The molecule has 0 bridgehead atoms. The lowest BCUT2D eigenvalue weighted by Gasteiger charge is -2.03. The molecule has 0 aliphatic heterocycles. The SMILES string of the molecule is COc1ccc(-c2nc(C)c(C(=O)Nc3cccc([N+](=O)[O-])c3)s2)cc1. The van der Waals surface area contributed by atoms with Gasteiger partial charge in [-0.2, -0.15) is 0 Å². The predicted molar refractivity (Wildman–Crippen MR) is 99.9 cm³/mol. The van der Waals surface area contributed by atoms with Crippen molar-refractivity contribution in [3.8, 4) is 16.3 Å². The summed E-state index contributed by atoms with van der Waals surface area (Å²) in [6, 6.07) is 13.2. The Labute approximate surface area is 153 Å². The van der Waals surface area contributed by atoms with Crippen molar-refractivity contribution >= 4 is 28.6 Å². The van der Waals surface area contributed by atoms with Crippen LogP contribution in [0.1, 0.15) is 15.4 Å². The van der Waals surface area contributed by atoms with Gasteiger partial charge in [0.2, 0.25) is 0 Å². The number of amides is 1. The molecular formula is C18H15N3O4S. The van der Waals surface area contributed by atoms with Crippen LogP contribution in [0, 0.1) is 17.0 Å². The number of hydrogen-bond donors (Lipinski definition) is 1. The minimum atomic E-state index is -0.505.